The Hall–Kier alpha value is -1.24. The zero-order valence-corrected chi connectivity index (χ0v) is 11.8. The van der Waals surface area contributed by atoms with E-state index in [1.54, 1.807) is 12.4 Å². The maximum Gasteiger partial charge on any atom is 0.225 e. The van der Waals surface area contributed by atoms with E-state index in [-0.39, 0.29) is 0 Å². The third-order valence-corrected chi connectivity index (χ3v) is 3.80. The molecule has 2 aliphatic rings. The molecule has 2 fully saturated rings. The number of nitrogens with zero attached hydrogens (tertiary/aromatic N) is 4. The van der Waals surface area contributed by atoms with E-state index in [9.17, 15) is 0 Å². The zero-order valence-electron chi connectivity index (χ0n) is 11.8. The molecule has 2 aliphatic heterocycles. The normalized spacial score (nSPS) is 22.7. The molecule has 0 aromatic carbocycles. The van der Waals surface area contributed by atoms with Gasteiger partial charge in [0.25, 0.3) is 0 Å². The van der Waals surface area contributed by atoms with Gasteiger partial charge in [-0.15, -0.1) is 0 Å². The summed E-state index contributed by atoms with van der Waals surface area (Å²) in [6.07, 6.45) is 3.60. The van der Waals surface area contributed by atoms with Crippen molar-refractivity contribution in [2.45, 2.75) is 0 Å². The van der Waals surface area contributed by atoms with Crippen LogP contribution in [0.2, 0.25) is 0 Å². The predicted molar refractivity (Wildman–Crippen MR) is 75.8 cm³/mol. The molecule has 2 saturated heterocycles. The molecule has 0 spiro atoms. The van der Waals surface area contributed by atoms with Crippen molar-refractivity contribution < 1.29 is 9.47 Å². The first-order chi connectivity index (χ1) is 9.92. The first kappa shape index (κ1) is 13.7. The summed E-state index contributed by atoms with van der Waals surface area (Å²) in [6, 6.07) is 1.85. The summed E-state index contributed by atoms with van der Waals surface area (Å²) in [5.41, 5.74) is 0. The Morgan fingerprint density at radius 3 is 2.30 bits per heavy atom. The second kappa shape index (κ2) is 6.97. The Morgan fingerprint density at radius 2 is 1.65 bits per heavy atom. The first-order valence-corrected chi connectivity index (χ1v) is 7.31. The van der Waals surface area contributed by atoms with Crippen LogP contribution in [0.1, 0.15) is 0 Å². The molecule has 0 atom stereocenters. The second-order valence-corrected chi connectivity index (χ2v) is 5.35. The molecular formula is C14H22N4O2. The third-order valence-electron chi connectivity index (χ3n) is 3.80. The Bertz CT molecular complexity index is 387. The van der Waals surface area contributed by atoms with Gasteiger partial charge in [0.2, 0.25) is 5.95 Å². The highest BCUT2D eigenvalue weighted by Gasteiger charge is 2.22. The number of aromatic nitrogens is 2. The summed E-state index contributed by atoms with van der Waals surface area (Å²) >= 11 is 0. The third kappa shape index (κ3) is 3.65. The molecule has 0 aliphatic carbocycles. The molecule has 3 rings (SSSR count). The van der Waals surface area contributed by atoms with E-state index >= 15 is 0 Å². The Morgan fingerprint density at radius 1 is 1.00 bits per heavy atom. The highest BCUT2D eigenvalue weighted by molar-refractivity contribution is 5.29. The molecule has 6 nitrogen and oxygen atoms in total. The predicted octanol–water partition coefficient (Wildman–Crippen LogP) is 0.262. The van der Waals surface area contributed by atoms with Crippen molar-refractivity contribution in [3.8, 4) is 0 Å². The van der Waals surface area contributed by atoms with Gasteiger partial charge in [-0.05, 0) is 6.07 Å². The molecule has 20 heavy (non-hydrogen) atoms. The fourth-order valence-electron chi connectivity index (χ4n) is 2.72. The van der Waals surface area contributed by atoms with Gasteiger partial charge in [-0.3, -0.25) is 4.90 Å². The van der Waals surface area contributed by atoms with Crippen molar-refractivity contribution in [1.29, 1.82) is 0 Å². The summed E-state index contributed by atoms with van der Waals surface area (Å²) in [7, 11) is 0. The van der Waals surface area contributed by atoms with Crippen LogP contribution in [0.25, 0.3) is 0 Å². The van der Waals surface area contributed by atoms with Crippen molar-refractivity contribution >= 4 is 5.95 Å². The van der Waals surface area contributed by atoms with Crippen molar-refractivity contribution in [1.82, 2.24) is 14.9 Å². The van der Waals surface area contributed by atoms with Gasteiger partial charge in [0.05, 0.1) is 26.4 Å². The average molecular weight is 278 g/mol. The Balaban J connectivity index is 1.46. The number of hydrogen-bond acceptors (Lipinski definition) is 6. The van der Waals surface area contributed by atoms with Gasteiger partial charge in [0.15, 0.2) is 0 Å². The molecule has 3 heterocycles. The number of anilines is 1. The molecule has 110 valence electrons. The number of piperazine rings is 1. The van der Waals surface area contributed by atoms with E-state index in [4.69, 9.17) is 9.47 Å². The lowest BCUT2D eigenvalue weighted by atomic mass is 10.1. The van der Waals surface area contributed by atoms with Crippen molar-refractivity contribution in [2.75, 3.05) is 64.1 Å². The zero-order chi connectivity index (χ0) is 13.6. The molecule has 0 N–H and O–H groups in total. The molecule has 0 radical (unpaired) electrons. The SMILES string of the molecule is c1cnc(N2CCN(CC3COCCOC3)CC2)nc1. The monoisotopic (exact) mass is 278 g/mol. The second-order valence-electron chi connectivity index (χ2n) is 5.35. The van der Waals surface area contributed by atoms with Gasteiger partial charge in [0.1, 0.15) is 0 Å². The van der Waals surface area contributed by atoms with Crippen LogP contribution in [0.4, 0.5) is 5.95 Å². The maximum atomic E-state index is 5.56. The summed E-state index contributed by atoms with van der Waals surface area (Å²) in [5.74, 6) is 1.34. The van der Waals surface area contributed by atoms with Gasteiger partial charge in [0, 0.05) is 51.0 Å². The van der Waals surface area contributed by atoms with Gasteiger partial charge < -0.3 is 14.4 Å². The maximum absolute atomic E-state index is 5.56. The van der Waals surface area contributed by atoms with Crippen LogP contribution >= 0.6 is 0 Å². The Kier molecular flexibility index (Phi) is 4.78. The molecule has 0 bridgehead atoms. The van der Waals surface area contributed by atoms with E-state index in [0.717, 1.165) is 65.1 Å². The minimum Gasteiger partial charge on any atom is -0.379 e. The first-order valence-electron chi connectivity index (χ1n) is 7.31. The van der Waals surface area contributed by atoms with E-state index in [1.165, 1.54) is 0 Å². The molecule has 6 heteroatoms. The number of ether oxygens (including phenoxy) is 2. The fraction of sp³-hybridized carbons (Fsp3) is 0.714. The van der Waals surface area contributed by atoms with E-state index in [2.05, 4.69) is 19.8 Å². The standard InChI is InChI=1S/C14H22N4O2/c1-2-15-14(16-3-1)18-6-4-17(5-7-18)10-13-11-19-8-9-20-12-13/h1-3,13H,4-12H2. The summed E-state index contributed by atoms with van der Waals surface area (Å²) in [4.78, 5) is 13.4. The lowest BCUT2D eigenvalue weighted by Gasteiger charge is -2.36. The van der Waals surface area contributed by atoms with Crippen LogP contribution in [-0.2, 0) is 9.47 Å². The molecular weight excluding hydrogens is 256 g/mol. The summed E-state index contributed by atoms with van der Waals surface area (Å²) < 4.78 is 11.1. The molecule has 0 unspecified atom stereocenters. The van der Waals surface area contributed by atoms with Crippen molar-refractivity contribution in [2.24, 2.45) is 5.92 Å². The fourth-order valence-corrected chi connectivity index (χ4v) is 2.72. The molecule has 1 aromatic heterocycles. The van der Waals surface area contributed by atoms with Crippen LogP contribution in [0.15, 0.2) is 18.5 Å². The van der Waals surface area contributed by atoms with E-state index in [0.29, 0.717) is 5.92 Å². The van der Waals surface area contributed by atoms with Crippen LogP contribution in [-0.4, -0.2) is 74.0 Å². The molecule has 1 aromatic rings. The Labute approximate surface area is 119 Å². The van der Waals surface area contributed by atoms with E-state index < -0.39 is 0 Å². The van der Waals surface area contributed by atoms with Crippen molar-refractivity contribution in [3.63, 3.8) is 0 Å². The number of hydrogen-bond donors (Lipinski definition) is 0. The largest absolute Gasteiger partial charge is 0.379 e. The van der Waals surface area contributed by atoms with Gasteiger partial charge in [-0.2, -0.15) is 0 Å². The lowest BCUT2D eigenvalue weighted by Crippen LogP contribution is -2.49. The molecule has 0 saturated carbocycles. The van der Waals surface area contributed by atoms with Crippen LogP contribution in [0.5, 0.6) is 0 Å². The summed E-state index contributed by atoms with van der Waals surface area (Å²) in [6.45, 7) is 8.24. The smallest absolute Gasteiger partial charge is 0.225 e. The number of rotatable bonds is 3. The highest BCUT2D eigenvalue weighted by atomic mass is 16.5. The van der Waals surface area contributed by atoms with Crippen LogP contribution < -0.4 is 4.90 Å². The quantitative estimate of drug-likeness (QED) is 0.790. The van der Waals surface area contributed by atoms with Crippen molar-refractivity contribution in [3.05, 3.63) is 18.5 Å². The minimum absolute atomic E-state index is 0.497. The van der Waals surface area contributed by atoms with Crippen LogP contribution in [0, 0.1) is 5.92 Å². The summed E-state index contributed by atoms with van der Waals surface area (Å²) in [5, 5.41) is 0. The topological polar surface area (TPSA) is 50.7 Å². The van der Waals surface area contributed by atoms with E-state index in [1.807, 2.05) is 6.07 Å². The lowest BCUT2D eigenvalue weighted by molar-refractivity contribution is 0.102. The highest BCUT2D eigenvalue weighted by Crippen LogP contribution is 2.12. The van der Waals surface area contributed by atoms with Gasteiger partial charge in [-0.1, -0.05) is 0 Å². The van der Waals surface area contributed by atoms with Gasteiger partial charge >= 0.3 is 0 Å². The van der Waals surface area contributed by atoms with Gasteiger partial charge in [-0.25, -0.2) is 9.97 Å². The average Bonchev–Trinajstić information content (AvgIpc) is 2.78. The van der Waals surface area contributed by atoms with Crippen LogP contribution in [0.3, 0.4) is 0 Å². The molecule has 0 amide bonds. The minimum atomic E-state index is 0.497.